The van der Waals surface area contributed by atoms with Gasteiger partial charge in [-0.05, 0) is 37.5 Å². The van der Waals surface area contributed by atoms with Gasteiger partial charge in [-0.25, -0.2) is 0 Å². The van der Waals surface area contributed by atoms with Crippen molar-refractivity contribution in [3.8, 4) is 0 Å². The van der Waals surface area contributed by atoms with Crippen LogP contribution < -0.4 is 5.32 Å². The van der Waals surface area contributed by atoms with Crippen LogP contribution in [0.3, 0.4) is 0 Å². The van der Waals surface area contributed by atoms with Gasteiger partial charge >= 0.3 is 0 Å². The number of carbonyl (C=O) groups is 1. The van der Waals surface area contributed by atoms with E-state index < -0.39 is 0 Å². The van der Waals surface area contributed by atoms with Crippen molar-refractivity contribution in [2.24, 2.45) is 0 Å². The Bertz CT molecular complexity index is 314. The Morgan fingerprint density at radius 3 is 2.88 bits per heavy atom. The minimum Gasteiger partial charge on any atom is -0.382 e. The lowest BCUT2D eigenvalue weighted by molar-refractivity contribution is -0.121. The van der Waals surface area contributed by atoms with E-state index in [9.17, 15) is 4.79 Å². The van der Waals surface area contributed by atoms with Crippen molar-refractivity contribution in [2.75, 3.05) is 19.8 Å². The number of ether oxygens (including phenoxy) is 1. The lowest BCUT2D eigenvalue weighted by Gasteiger charge is -2.05. The fourth-order valence-corrected chi connectivity index (χ4v) is 1.46. The Morgan fingerprint density at radius 1 is 1.41 bits per heavy atom. The zero-order valence-electron chi connectivity index (χ0n) is 10.3. The van der Waals surface area contributed by atoms with Crippen molar-refractivity contribution in [1.29, 1.82) is 0 Å². The maximum atomic E-state index is 11.4. The first kappa shape index (κ1) is 13.6. The summed E-state index contributed by atoms with van der Waals surface area (Å²) in [5, 5.41) is 2.89. The van der Waals surface area contributed by atoms with Gasteiger partial charge < -0.3 is 10.1 Å². The number of carbonyl (C=O) groups excluding carboxylic acids is 1. The number of pyridine rings is 1. The summed E-state index contributed by atoms with van der Waals surface area (Å²) in [7, 11) is 0. The van der Waals surface area contributed by atoms with Crippen LogP contribution in [-0.4, -0.2) is 30.6 Å². The summed E-state index contributed by atoms with van der Waals surface area (Å²) in [6.45, 7) is 4.00. The number of hydrogen-bond acceptors (Lipinski definition) is 3. The third kappa shape index (κ3) is 6.68. The highest BCUT2D eigenvalue weighted by Gasteiger charge is 2.00. The first-order valence-electron chi connectivity index (χ1n) is 6.06. The third-order valence-corrected chi connectivity index (χ3v) is 2.38. The molecule has 1 amide bonds. The van der Waals surface area contributed by atoms with Gasteiger partial charge in [-0.1, -0.05) is 0 Å². The molecule has 0 fully saturated rings. The molecule has 0 unspecified atom stereocenters. The zero-order valence-corrected chi connectivity index (χ0v) is 10.3. The first-order chi connectivity index (χ1) is 8.33. The third-order valence-electron chi connectivity index (χ3n) is 2.38. The largest absolute Gasteiger partial charge is 0.382 e. The van der Waals surface area contributed by atoms with Crippen molar-refractivity contribution >= 4 is 5.91 Å². The lowest BCUT2D eigenvalue weighted by atomic mass is 10.2. The molecule has 17 heavy (non-hydrogen) atoms. The quantitative estimate of drug-likeness (QED) is 0.697. The number of nitrogens with one attached hydrogen (secondary N) is 1. The van der Waals surface area contributed by atoms with E-state index in [0.29, 0.717) is 26.2 Å². The maximum absolute atomic E-state index is 11.4. The van der Waals surface area contributed by atoms with Gasteiger partial charge in [-0.15, -0.1) is 0 Å². The summed E-state index contributed by atoms with van der Waals surface area (Å²) >= 11 is 0. The van der Waals surface area contributed by atoms with E-state index in [1.165, 1.54) is 5.56 Å². The lowest BCUT2D eigenvalue weighted by Crippen LogP contribution is -2.25. The Hall–Kier alpha value is -1.42. The number of hydrogen-bond donors (Lipinski definition) is 1. The van der Waals surface area contributed by atoms with Gasteiger partial charge in [0.25, 0.3) is 0 Å². The highest BCUT2D eigenvalue weighted by molar-refractivity contribution is 5.75. The first-order valence-corrected chi connectivity index (χ1v) is 6.06. The average molecular weight is 236 g/mol. The topological polar surface area (TPSA) is 51.2 Å². The standard InChI is InChI=1S/C13H20N2O2/c1-2-17-11-3-4-13(16)15-10-7-12-5-8-14-9-6-12/h5-6,8-9H,2-4,7,10-11H2,1H3,(H,15,16). The summed E-state index contributed by atoms with van der Waals surface area (Å²) in [6, 6.07) is 3.92. The molecule has 0 radical (unpaired) electrons. The molecule has 0 spiro atoms. The van der Waals surface area contributed by atoms with Gasteiger partial charge in [0.1, 0.15) is 0 Å². The van der Waals surface area contributed by atoms with Crippen LogP contribution in [0.25, 0.3) is 0 Å². The fraction of sp³-hybridized carbons (Fsp3) is 0.538. The van der Waals surface area contributed by atoms with E-state index in [2.05, 4.69) is 10.3 Å². The molecule has 0 aliphatic carbocycles. The van der Waals surface area contributed by atoms with Gasteiger partial charge in [-0.2, -0.15) is 0 Å². The molecule has 0 bridgehead atoms. The highest BCUT2D eigenvalue weighted by atomic mass is 16.5. The van der Waals surface area contributed by atoms with Crippen molar-refractivity contribution in [3.05, 3.63) is 30.1 Å². The van der Waals surface area contributed by atoms with E-state index in [1.54, 1.807) is 12.4 Å². The van der Waals surface area contributed by atoms with E-state index in [0.717, 1.165) is 12.8 Å². The van der Waals surface area contributed by atoms with Gasteiger partial charge in [0, 0.05) is 38.6 Å². The van der Waals surface area contributed by atoms with Gasteiger partial charge in [0.2, 0.25) is 5.91 Å². The van der Waals surface area contributed by atoms with E-state index >= 15 is 0 Å². The van der Waals surface area contributed by atoms with Crippen molar-refractivity contribution in [2.45, 2.75) is 26.2 Å². The summed E-state index contributed by atoms with van der Waals surface area (Å²) < 4.78 is 5.17. The molecule has 0 aliphatic heterocycles. The van der Waals surface area contributed by atoms with Crippen LogP contribution >= 0.6 is 0 Å². The molecule has 0 aromatic carbocycles. The summed E-state index contributed by atoms with van der Waals surface area (Å²) in [5.74, 6) is 0.0961. The predicted molar refractivity (Wildman–Crippen MR) is 66.7 cm³/mol. The van der Waals surface area contributed by atoms with Gasteiger partial charge in [0.15, 0.2) is 0 Å². The molecule has 0 saturated carbocycles. The summed E-state index contributed by atoms with van der Waals surface area (Å²) in [6.07, 6.45) is 5.70. The summed E-state index contributed by atoms with van der Waals surface area (Å²) in [4.78, 5) is 15.4. The second-order valence-corrected chi connectivity index (χ2v) is 3.76. The molecule has 4 heteroatoms. The smallest absolute Gasteiger partial charge is 0.220 e. The van der Waals surface area contributed by atoms with Crippen LogP contribution in [0, 0.1) is 0 Å². The second-order valence-electron chi connectivity index (χ2n) is 3.76. The minimum atomic E-state index is 0.0961. The van der Waals surface area contributed by atoms with E-state index in [4.69, 9.17) is 4.74 Å². The van der Waals surface area contributed by atoms with Gasteiger partial charge in [-0.3, -0.25) is 9.78 Å². The predicted octanol–water partition coefficient (Wildman–Crippen LogP) is 1.56. The van der Waals surface area contributed by atoms with E-state index in [-0.39, 0.29) is 5.91 Å². The van der Waals surface area contributed by atoms with Crippen LogP contribution in [0.2, 0.25) is 0 Å². The van der Waals surface area contributed by atoms with Crippen molar-refractivity contribution in [3.63, 3.8) is 0 Å². The molecule has 1 aromatic heterocycles. The fourth-order valence-electron chi connectivity index (χ4n) is 1.46. The Labute approximate surface area is 102 Å². The molecule has 1 aromatic rings. The molecule has 1 rings (SSSR count). The molecule has 1 N–H and O–H groups in total. The Morgan fingerprint density at radius 2 is 2.18 bits per heavy atom. The number of amides is 1. The van der Waals surface area contributed by atoms with Crippen molar-refractivity contribution < 1.29 is 9.53 Å². The van der Waals surface area contributed by atoms with Gasteiger partial charge in [0.05, 0.1) is 0 Å². The maximum Gasteiger partial charge on any atom is 0.220 e. The highest BCUT2D eigenvalue weighted by Crippen LogP contribution is 1.96. The van der Waals surface area contributed by atoms with Crippen LogP contribution in [0.1, 0.15) is 25.3 Å². The van der Waals surface area contributed by atoms with Crippen molar-refractivity contribution in [1.82, 2.24) is 10.3 Å². The second kappa shape index (κ2) is 8.70. The molecule has 0 aliphatic rings. The molecule has 0 atom stereocenters. The Balaban J connectivity index is 2.04. The molecule has 1 heterocycles. The van der Waals surface area contributed by atoms with Crippen LogP contribution in [-0.2, 0) is 16.0 Å². The number of nitrogens with zero attached hydrogens (tertiary/aromatic N) is 1. The molecule has 0 saturated heterocycles. The van der Waals surface area contributed by atoms with Crippen LogP contribution in [0.4, 0.5) is 0 Å². The zero-order chi connectivity index (χ0) is 12.3. The average Bonchev–Trinajstić information content (AvgIpc) is 2.36. The van der Waals surface area contributed by atoms with Crippen LogP contribution in [0.5, 0.6) is 0 Å². The molecular formula is C13H20N2O2. The van der Waals surface area contributed by atoms with E-state index in [1.807, 2.05) is 19.1 Å². The number of rotatable bonds is 8. The SMILES string of the molecule is CCOCCCC(=O)NCCc1ccncc1. The minimum absolute atomic E-state index is 0.0961. The molecular weight excluding hydrogens is 216 g/mol. The molecule has 4 nitrogen and oxygen atoms in total. The van der Waals surface area contributed by atoms with Crippen LogP contribution in [0.15, 0.2) is 24.5 Å². The molecule has 94 valence electrons. The summed E-state index contributed by atoms with van der Waals surface area (Å²) in [5.41, 5.74) is 1.19. The Kier molecular flexibility index (Phi) is 6.98. The normalized spacial score (nSPS) is 10.2. The number of aromatic nitrogens is 1. The monoisotopic (exact) mass is 236 g/mol.